The van der Waals surface area contributed by atoms with Crippen LogP contribution in [0.1, 0.15) is 26.2 Å². The van der Waals surface area contributed by atoms with Crippen molar-refractivity contribution < 1.29 is 4.74 Å². The quantitative estimate of drug-likeness (QED) is 0.444. The van der Waals surface area contributed by atoms with Gasteiger partial charge in [0.05, 0.1) is 0 Å². The van der Waals surface area contributed by atoms with E-state index in [1.54, 1.807) is 7.11 Å². The van der Waals surface area contributed by atoms with Crippen LogP contribution < -0.4 is 5.73 Å². The molecule has 0 saturated heterocycles. The molecule has 0 aromatic rings. The second-order valence-corrected chi connectivity index (χ2v) is 3.94. The van der Waals surface area contributed by atoms with Gasteiger partial charge >= 0.3 is 0 Å². The van der Waals surface area contributed by atoms with E-state index in [0.29, 0.717) is 0 Å². The summed E-state index contributed by atoms with van der Waals surface area (Å²) in [5.74, 6) is 0. The van der Waals surface area contributed by atoms with E-state index >= 15 is 0 Å². The van der Waals surface area contributed by atoms with Gasteiger partial charge in [0, 0.05) is 32.8 Å². The molecule has 3 nitrogen and oxygen atoms in total. The Morgan fingerprint density at radius 1 is 1.53 bits per heavy atom. The second kappa shape index (κ2) is 10.1. The minimum Gasteiger partial charge on any atom is -0.385 e. The summed E-state index contributed by atoms with van der Waals surface area (Å²) in [6.07, 6.45) is 5.19. The molecule has 0 bridgehead atoms. The normalized spacial score (nSPS) is 13.1. The first kappa shape index (κ1) is 14.6. The maximum atomic E-state index is 6.04. The fourth-order valence-corrected chi connectivity index (χ4v) is 1.67. The van der Waals surface area contributed by atoms with Gasteiger partial charge in [0.2, 0.25) is 0 Å². The molecule has 1 atom stereocenters. The van der Waals surface area contributed by atoms with Crippen molar-refractivity contribution in [2.45, 2.75) is 32.2 Å². The molecular weight excluding hydrogens is 188 g/mol. The number of ether oxygens (including phenoxy) is 1. The Morgan fingerprint density at radius 2 is 2.27 bits per heavy atom. The number of hydrogen-bond donors (Lipinski definition) is 1. The Bertz CT molecular complexity index is 151. The minimum atomic E-state index is 0.256. The third-order valence-electron chi connectivity index (χ3n) is 2.34. The van der Waals surface area contributed by atoms with Gasteiger partial charge in [-0.3, -0.25) is 4.90 Å². The van der Waals surface area contributed by atoms with Crippen LogP contribution >= 0.6 is 0 Å². The molecule has 0 heterocycles. The lowest BCUT2D eigenvalue weighted by molar-refractivity contribution is 0.186. The Labute approximate surface area is 94.3 Å². The Balaban J connectivity index is 3.67. The van der Waals surface area contributed by atoms with E-state index in [2.05, 4.69) is 18.4 Å². The summed E-state index contributed by atoms with van der Waals surface area (Å²) >= 11 is 0. The summed E-state index contributed by atoms with van der Waals surface area (Å²) in [6, 6.07) is 0.256. The van der Waals surface area contributed by atoms with Crippen LogP contribution in [0.4, 0.5) is 0 Å². The lowest BCUT2D eigenvalue weighted by Gasteiger charge is -2.23. The highest BCUT2D eigenvalue weighted by Crippen LogP contribution is 2.00. The highest BCUT2D eigenvalue weighted by atomic mass is 16.5. The van der Waals surface area contributed by atoms with Crippen molar-refractivity contribution in [2.24, 2.45) is 5.73 Å². The molecular formula is C12H26N2O. The maximum Gasteiger partial charge on any atom is 0.0462 e. The first-order chi connectivity index (χ1) is 7.24. The monoisotopic (exact) mass is 214 g/mol. The number of nitrogens with zero attached hydrogens (tertiary/aromatic N) is 1. The van der Waals surface area contributed by atoms with Crippen LogP contribution in [0.2, 0.25) is 0 Å². The van der Waals surface area contributed by atoms with Crippen LogP contribution in [0.25, 0.3) is 0 Å². The van der Waals surface area contributed by atoms with Crippen molar-refractivity contribution in [1.82, 2.24) is 4.90 Å². The van der Waals surface area contributed by atoms with Crippen molar-refractivity contribution in [2.75, 3.05) is 33.4 Å². The average Bonchev–Trinajstić information content (AvgIpc) is 2.19. The van der Waals surface area contributed by atoms with E-state index < -0.39 is 0 Å². The third-order valence-corrected chi connectivity index (χ3v) is 2.34. The molecule has 2 N–H and O–H groups in total. The third kappa shape index (κ3) is 8.60. The first-order valence-electron chi connectivity index (χ1n) is 5.82. The summed E-state index contributed by atoms with van der Waals surface area (Å²) in [5.41, 5.74) is 6.04. The Kier molecular flexibility index (Phi) is 9.89. The molecule has 0 aliphatic rings. The van der Waals surface area contributed by atoms with E-state index in [-0.39, 0.29) is 6.04 Å². The molecule has 0 spiro atoms. The summed E-state index contributed by atoms with van der Waals surface area (Å²) in [5, 5.41) is 0. The van der Waals surface area contributed by atoms with Crippen molar-refractivity contribution >= 4 is 0 Å². The van der Waals surface area contributed by atoms with E-state index in [9.17, 15) is 0 Å². The van der Waals surface area contributed by atoms with Gasteiger partial charge in [0.15, 0.2) is 0 Å². The molecule has 0 aromatic carbocycles. The molecule has 90 valence electrons. The SMILES string of the molecule is C=CCN(CCC)CC(N)CCCOC. The van der Waals surface area contributed by atoms with Crippen LogP contribution in [0, 0.1) is 0 Å². The van der Waals surface area contributed by atoms with Crippen LogP contribution in [0.3, 0.4) is 0 Å². The molecule has 0 amide bonds. The summed E-state index contributed by atoms with van der Waals surface area (Å²) < 4.78 is 5.01. The largest absolute Gasteiger partial charge is 0.385 e. The van der Waals surface area contributed by atoms with Crippen molar-refractivity contribution in [1.29, 1.82) is 0 Å². The molecule has 0 aliphatic heterocycles. The highest BCUT2D eigenvalue weighted by Gasteiger charge is 2.08. The second-order valence-electron chi connectivity index (χ2n) is 3.94. The van der Waals surface area contributed by atoms with Crippen LogP contribution in [0.15, 0.2) is 12.7 Å². The molecule has 0 aliphatic carbocycles. The van der Waals surface area contributed by atoms with Gasteiger partial charge in [-0.2, -0.15) is 0 Å². The smallest absolute Gasteiger partial charge is 0.0462 e. The molecule has 0 saturated carbocycles. The van der Waals surface area contributed by atoms with Crippen molar-refractivity contribution in [3.63, 3.8) is 0 Å². The van der Waals surface area contributed by atoms with Gasteiger partial charge in [-0.05, 0) is 25.8 Å². The van der Waals surface area contributed by atoms with Crippen molar-refractivity contribution in [3.05, 3.63) is 12.7 Å². The highest BCUT2D eigenvalue weighted by molar-refractivity contribution is 4.76. The molecule has 15 heavy (non-hydrogen) atoms. The van der Waals surface area contributed by atoms with E-state index in [1.807, 2.05) is 6.08 Å². The van der Waals surface area contributed by atoms with E-state index in [1.165, 1.54) is 6.42 Å². The predicted octanol–water partition coefficient (Wildman–Crippen LogP) is 1.64. The van der Waals surface area contributed by atoms with Crippen LogP contribution in [0.5, 0.6) is 0 Å². The lowest BCUT2D eigenvalue weighted by atomic mass is 10.1. The van der Waals surface area contributed by atoms with Gasteiger partial charge in [-0.1, -0.05) is 13.0 Å². The van der Waals surface area contributed by atoms with Gasteiger partial charge in [-0.15, -0.1) is 6.58 Å². The number of rotatable bonds is 10. The Hall–Kier alpha value is -0.380. The topological polar surface area (TPSA) is 38.5 Å². The van der Waals surface area contributed by atoms with Crippen molar-refractivity contribution in [3.8, 4) is 0 Å². The molecule has 3 heteroatoms. The molecule has 0 radical (unpaired) electrons. The van der Waals surface area contributed by atoms with Crippen LogP contribution in [-0.2, 0) is 4.74 Å². The zero-order chi connectivity index (χ0) is 11.5. The lowest BCUT2D eigenvalue weighted by Crippen LogP contribution is -2.38. The van der Waals surface area contributed by atoms with Gasteiger partial charge in [0.1, 0.15) is 0 Å². The summed E-state index contributed by atoms with van der Waals surface area (Å²) in [4.78, 5) is 2.35. The summed E-state index contributed by atoms with van der Waals surface area (Å²) in [6.45, 7) is 9.76. The van der Waals surface area contributed by atoms with E-state index in [0.717, 1.165) is 39.1 Å². The number of hydrogen-bond acceptors (Lipinski definition) is 3. The maximum absolute atomic E-state index is 6.04. The average molecular weight is 214 g/mol. The Morgan fingerprint density at radius 3 is 2.80 bits per heavy atom. The predicted molar refractivity (Wildman–Crippen MR) is 66.0 cm³/mol. The van der Waals surface area contributed by atoms with Gasteiger partial charge < -0.3 is 10.5 Å². The number of methoxy groups -OCH3 is 1. The fourth-order valence-electron chi connectivity index (χ4n) is 1.67. The number of nitrogens with two attached hydrogens (primary N) is 1. The standard InChI is InChI=1S/C12H26N2O/c1-4-8-14(9-5-2)11-12(13)7-6-10-15-3/h4,12H,1,5-11,13H2,2-3H3. The molecule has 0 rings (SSSR count). The van der Waals surface area contributed by atoms with E-state index in [4.69, 9.17) is 10.5 Å². The van der Waals surface area contributed by atoms with Gasteiger partial charge in [0.25, 0.3) is 0 Å². The minimum absolute atomic E-state index is 0.256. The molecule has 0 aromatic heterocycles. The van der Waals surface area contributed by atoms with Crippen LogP contribution in [-0.4, -0.2) is 44.3 Å². The zero-order valence-electron chi connectivity index (χ0n) is 10.2. The molecule has 1 unspecified atom stereocenters. The summed E-state index contributed by atoms with van der Waals surface area (Å²) in [7, 11) is 1.73. The fraction of sp³-hybridized carbons (Fsp3) is 0.833. The first-order valence-corrected chi connectivity index (χ1v) is 5.82. The zero-order valence-corrected chi connectivity index (χ0v) is 10.2. The molecule has 0 fully saturated rings. The van der Waals surface area contributed by atoms with Gasteiger partial charge in [-0.25, -0.2) is 0 Å².